The maximum absolute atomic E-state index is 14.6. The van der Waals surface area contributed by atoms with Gasteiger partial charge < -0.3 is 19.7 Å². The molecular formula is C52H42N2O4P2. The molecule has 2 amide bonds. The molecule has 60 heavy (non-hydrogen) atoms. The minimum Gasteiger partial charge on any atom is -0.463 e. The van der Waals surface area contributed by atoms with Crippen molar-refractivity contribution < 1.29 is 18.6 Å². The highest BCUT2D eigenvalue weighted by atomic mass is 31.1. The summed E-state index contributed by atoms with van der Waals surface area (Å²) >= 11 is 0. The van der Waals surface area contributed by atoms with Gasteiger partial charge in [-0.25, -0.2) is 0 Å². The van der Waals surface area contributed by atoms with Crippen LogP contribution in [0.2, 0.25) is 0 Å². The zero-order valence-electron chi connectivity index (χ0n) is 33.2. The summed E-state index contributed by atoms with van der Waals surface area (Å²) in [6.45, 7) is 4.01. The van der Waals surface area contributed by atoms with Gasteiger partial charge in [0.25, 0.3) is 11.8 Å². The summed E-state index contributed by atoms with van der Waals surface area (Å²) in [6, 6.07) is 66.6. The Morgan fingerprint density at radius 1 is 0.367 bits per heavy atom. The van der Waals surface area contributed by atoms with Crippen molar-refractivity contribution >= 4 is 60.7 Å². The number of para-hydroxylation sites is 2. The molecule has 0 aliphatic heterocycles. The molecule has 8 aromatic rings. The molecule has 294 valence electrons. The van der Waals surface area contributed by atoms with E-state index < -0.39 is 16.3 Å². The third-order valence-corrected chi connectivity index (χ3v) is 13.7. The standard InChI is InChI=1S/C52H42N2O4P2/c1-37-33-35-45(51(55)53-39-21-9-3-10-22-39)49(57-59(41-25-13-5-14-26-41)42-27-15-6-16-28-42)47(37)48-38(2)34-36-46(52(56)54-40-23-11-4-12-24-40)50(48)58-60(43-29-17-7-18-30-43)44-31-19-8-20-32-44/h3-36H,1-2H3,(H,53,55)(H,54,56). The summed E-state index contributed by atoms with van der Waals surface area (Å²) in [6.07, 6.45) is 0. The fourth-order valence-electron chi connectivity index (χ4n) is 6.92. The molecule has 0 aromatic heterocycles. The van der Waals surface area contributed by atoms with E-state index in [1.54, 1.807) is 0 Å². The van der Waals surface area contributed by atoms with Crippen molar-refractivity contribution in [2.45, 2.75) is 13.8 Å². The van der Waals surface area contributed by atoms with Gasteiger partial charge in [0, 0.05) is 43.7 Å². The van der Waals surface area contributed by atoms with Crippen molar-refractivity contribution in [2.75, 3.05) is 10.6 Å². The maximum atomic E-state index is 14.6. The lowest BCUT2D eigenvalue weighted by Gasteiger charge is -2.28. The van der Waals surface area contributed by atoms with Crippen molar-refractivity contribution in [3.63, 3.8) is 0 Å². The molecule has 6 nitrogen and oxygen atoms in total. The van der Waals surface area contributed by atoms with Crippen molar-refractivity contribution in [1.82, 2.24) is 0 Å². The van der Waals surface area contributed by atoms with E-state index in [1.165, 1.54) is 0 Å². The number of carbonyl (C=O) groups is 2. The Hall–Kier alpha value is -6.84. The number of benzene rings is 8. The third-order valence-electron chi connectivity index (χ3n) is 9.86. The fraction of sp³-hybridized carbons (Fsp3) is 0.0385. The Labute approximate surface area is 353 Å². The van der Waals surface area contributed by atoms with Gasteiger partial charge in [-0.05, 0) is 61.4 Å². The molecule has 0 saturated heterocycles. The largest absolute Gasteiger partial charge is 0.463 e. The van der Waals surface area contributed by atoms with Crippen LogP contribution in [0.5, 0.6) is 11.5 Å². The summed E-state index contributed by atoms with van der Waals surface area (Å²) in [5.41, 5.74) is 5.00. The first-order valence-corrected chi connectivity index (χ1v) is 22.1. The van der Waals surface area contributed by atoms with E-state index in [9.17, 15) is 9.59 Å². The summed E-state index contributed by atoms with van der Waals surface area (Å²) in [5.74, 6) is 0.115. The summed E-state index contributed by atoms with van der Waals surface area (Å²) in [7, 11) is -3.01. The molecule has 0 radical (unpaired) electrons. The molecule has 0 fully saturated rings. The summed E-state index contributed by atoms with van der Waals surface area (Å²) < 4.78 is 14.8. The zero-order valence-corrected chi connectivity index (χ0v) is 34.9. The van der Waals surface area contributed by atoms with Crippen LogP contribution in [0.1, 0.15) is 31.8 Å². The highest BCUT2D eigenvalue weighted by Gasteiger charge is 2.31. The van der Waals surface area contributed by atoms with E-state index in [0.29, 0.717) is 45.1 Å². The van der Waals surface area contributed by atoms with E-state index in [1.807, 2.05) is 172 Å². The average molecular weight is 821 g/mol. The second-order valence-electron chi connectivity index (χ2n) is 14.0. The van der Waals surface area contributed by atoms with Crippen LogP contribution >= 0.6 is 16.3 Å². The normalized spacial score (nSPS) is 10.9. The van der Waals surface area contributed by atoms with Gasteiger partial charge in [-0.15, -0.1) is 0 Å². The topological polar surface area (TPSA) is 76.7 Å². The molecule has 0 heterocycles. The summed E-state index contributed by atoms with van der Waals surface area (Å²) in [4.78, 5) is 29.2. The van der Waals surface area contributed by atoms with Gasteiger partial charge in [0.2, 0.25) is 0 Å². The van der Waals surface area contributed by atoms with Gasteiger partial charge >= 0.3 is 0 Å². The van der Waals surface area contributed by atoms with E-state index in [2.05, 4.69) is 59.2 Å². The number of aryl methyl sites for hydroxylation is 2. The average Bonchev–Trinajstić information content (AvgIpc) is 3.29. The highest BCUT2D eigenvalue weighted by molar-refractivity contribution is 7.69. The van der Waals surface area contributed by atoms with Crippen LogP contribution < -0.4 is 40.9 Å². The quantitative estimate of drug-likeness (QED) is 0.114. The van der Waals surface area contributed by atoms with Crippen molar-refractivity contribution in [3.05, 3.63) is 229 Å². The van der Waals surface area contributed by atoms with E-state index >= 15 is 0 Å². The van der Waals surface area contributed by atoms with Gasteiger partial charge in [0.05, 0.1) is 11.1 Å². The molecule has 0 aliphatic rings. The van der Waals surface area contributed by atoms with Crippen LogP contribution in [0.4, 0.5) is 11.4 Å². The Balaban J connectivity index is 1.39. The lowest BCUT2D eigenvalue weighted by atomic mass is 9.90. The number of amides is 2. The second-order valence-corrected chi connectivity index (χ2v) is 17.6. The molecule has 0 saturated carbocycles. The van der Waals surface area contributed by atoms with Gasteiger partial charge in [0.1, 0.15) is 11.5 Å². The van der Waals surface area contributed by atoms with Crippen molar-refractivity contribution in [3.8, 4) is 22.6 Å². The number of anilines is 2. The Morgan fingerprint density at radius 2 is 0.633 bits per heavy atom. The number of hydrogen-bond donors (Lipinski definition) is 2. The zero-order chi connectivity index (χ0) is 41.3. The van der Waals surface area contributed by atoms with E-state index in [4.69, 9.17) is 9.05 Å². The molecule has 0 bridgehead atoms. The van der Waals surface area contributed by atoms with Gasteiger partial charge in [-0.1, -0.05) is 170 Å². The smallest absolute Gasteiger partial charge is 0.259 e. The van der Waals surface area contributed by atoms with Crippen LogP contribution in [0, 0.1) is 13.8 Å². The molecule has 2 N–H and O–H groups in total. The van der Waals surface area contributed by atoms with E-state index in [0.717, 1.165) is 32.3 Å². The van der Waals surface area contributed by atoms with Crippen molar-refractivity contribution in [2.24, 2.45) is 0 Å². The monoisotopic (exact) mass is 820 g/mol. The molecule has 0 aliphatic carbocycles. The molecule has 0 unspecified atom stereocenters. The molecule has 8 rings (SSSR count). The van der Waals surface area contributed by atoms with Gasteiger partial charge in [-0.2, -0.15) is 0 Å². The number of carbonyl (C=O) groups excluding carboxylic acids is 2. The number of nitrogens with one attached hydrogen (secondary N) is 2. The molecule has 8 heteroatoms. The number of rotatable bonds is 13. The first kappa shape index (κ1) is 40.0. The van der Waals surface area contributed by atoms with Crippen LogP contribution in [-0.4, -0.2) is 11.8 Å². The highest BCUT2D eigenvalue weighted by Crippen LogP contribution is 2.51. The fourth-order valence-corrected chi connectivity index (χ4v) is 10.4. The van der Waals surface area contributed by atoms with Crippen LogP contribution in [0.15, 0.2) is 206 Å². The first-order chi connectivity index (χ1) is 29.4. The Morgan fingerprint density at radius 3 is 0.917 bits per heavy atom. The minimum atomic E-state index is -1.50. The first-order valence-electron chi connectivity index (χ1n) is 19.6. The SMILES string of the molecule is Cc1ccc(C(=O)Nc2ccccc2)c(OP(c2ccccc2)c2ccccc2)c1-c1c(C)ccc(C(=O)Nc2ccccc2)c1OP(c1ccccc1)c1ccccc1. The lowest BCUT2D eigenvalue weighted by molar-refractivity contribution is 0.101. The van der Waals surface area contributed by atoms with Gasteiger partial charge in [-0.3, -0.25) is 9.59 Å². The maximum Gasteiger partial charge on any atom is 0.259 e. The van der Waals surface area contributed by atoms with Crippen molar-refractivity contribution in [1.29, 1.82) is 0 Å². The predicted octanol–water partition coefficient (Wildman–Crippen LogP) is 11.3. The molecule has 0 atom stereocenters. The Bertz CT molecular complexity index is 2430. The van der Waals surface area contributed by atoms with Crippen LogP contribution in [-0.2, 0) is 0 Å². The summed E-state index contributed by atoms with van der Waals surface area (Å²) in [5, 5.41) is 10.1. The molecular weight excluding hydrogens is 779 g/mol. The lowest BCUT2D eigenvalue weighted by Crippen LogP contribution is -2.20. The van der Waals surface area contributed by atoms with Crippen LogP contribution in [0.3, 0.4) is 0 Å². The van der Waals surface area contributed by atoms with E-state index in [-0.39, 0.29) is 11.8 Å². The number of hydrogen-bond acceptors (Lipinski definition) is 4. The minimum absolute atomic E-state index is 0.331. The predicted molar refractivity (Wildman–Crippen MR) is 250 cm³/mol. The van der Waals surface area contributed by atoms with Crippen LogP contribution in [0.25, 0.3) is 11.1 Å². The molecule has 0 spiro atoms. The molecule has 8 aromatic carbocycles. The Kier molecular flexibility index (Phi) is 12.5. The third kappa shape index (κ3) is 9.07. The second kappa shape index (κ2) is 18.8. The van der Waals surface area contributed by atoms with Gasteiger partial charge in [0.15, 0.2) is 16.3 Å².